The smallest absolute Gasteiger partial charge is 0.338 e. The maximum atomic E-state index is 13.4. The highest BCUT2D eigenvalue weighted by Crippen LogP contribution is 2.26. The summed E-state index contributed by atoms with van der Waals surface area (Å²) in [5, 5.41) is 3.09. The summed E-state index contributed by atoms with van der Waals surface area (Å²) in [6.45, 7) is 2.53. The summed E-state index contributed by atoms with van der Waals surface area (Å²) in [4.78, 5) is 41.5. The van der Waals surface area contributed by atoms with E-state index in [0.717, 1.165) is 11.1 Å². The first-order valence-electron chi connectivity index (χ1n) is 11.8. The third-order valence-corrected chi connectivity index (χ3v) is 6.37. The number of carbonyl (C=O) groups excluding carboxylic acids is 3. The van der Waals surface area contributed by atoms with Crippen LogP contribution in [0, 0.1) is 5.82 Å². The number of amides is 2. The molecule has 0 spiro atoms. The van der Waals surface area contributed by atoms with Crippen molar-refractivity contribution in [3.8, 4) is 0 Å². The lowest BCUT2D eigenvalue weighted by Crippen LogP contribution is -2.37. The number of hydrogen-bond acceptors (Lipinski definition) is 5. The summed E-state index contributed by atoms with van der Waals surface area (Å²) in [6, 6.07) is 20.9. The van der Waals surface area contributed by atoms with Crippen LogP contribution in [0.3, 0.4) is 0 Å². The van der Waals surface area contributed by atoms with Gasteiger partial charge in [0.2, 0.25) is 5.91 Å². The van der Waals surface area contributed by atoms with E-state index in [9.17, 15) is 18.8 Å². The largest absolute Gasteiger partial charge is 0.462 e. The van der Waals surface area contributed by atoms with Gasteiger partial charge in [0.1, 0.15) is 11.9 Å². The predicted octanol–water partition coefficient (Wildman–Crippen LogP) is 4.53. The number of halogens is 1. The van der Waals surface area contributed by atoms with Gasteiger partial charge in [-0.25, -0.2) is 9.18 Å². The van der Waals surface area contributed by atoms with Crippen LogP contribution in [0.25, 0.3) is 0 Å². The fourth-order valence-corrected chi connectivity index (χ4v) is 4.41. The molecule has 0 aromatic heterocycles. The minimum Gasteiger partial charge on any atom is -0.462 e. The van der Waals surface area contributed by atoms with Crippen molar-refractivity contribution in [2.24, 2.45) is 0 Å². The quantitative estimate of drug-likeness (QED) is 0.331. The molecule has 1 aliphatic heterocycles. The first kappa shape index (κ1) is 26.0. The van der Waals surface area contributed by atoms with Crippen LogP contribution < -0.4 is 5.32 Å². The molecular formula is C28H26FN3O4S. The molecule has 3 aromatic rings. The highest BCUT2D eigenvalue weighted by molar-refractivity contribution is 7.80. The van der Waals surface area contributed by atoms with E-state index in [-0.39, 0.29) is 43.7 Å². The molecule has 37 heavy (non-hydrogen) atoms. The van der Waals surface area contributed by atoms with E-state index in [2.05, 4.69) is 5.32 Å². The van der Waals surface area contributed by atoms with Crippen LogP contribution in [0.15, 0.2) is 78.9 Å². The zero-order valence-corrected chi connectivity index (χ0v) is 21.0. The number of nitrogens with one attached hydrogen (secondary N) is 1. The van der Waals surface area contributed by atoms with Gasteiger partial charge in [0, 0.05) is 12.2 Å². The van der Waals surface area contributed by atoms with E-state index in [0.29, 0.717) is 16.4 Å². The van der Waals surface area contributed by atoms with Crippen molar-refractivity contribution >= 4 is 40.8 Å². The molecule has 4 rings (SSSR count). The Morgan fingerprint density at radius 3 is 2.24 bits per heavy atom. The van der Waals surface area contributed by atoms with E-state index in [1.807, 2.05) is 30.3 Å². The highest BCUT2D eigenvalue weighted by Gasteiger charge is 2.43. The minimum absolute atomic E-state index is 0.134. The Labute approximate surface area is 219 Å². The third-order valence-electron chi connectivity index (χ3n) is 5.91. The van der Waals surface area contributed by atoms with Crippen molar-refractivity contribution in [1.29, 1.82) is 0 Å². The number of anilines is 1. The van der Waals surface area contributed by atoms with Gasteiger partial charge in [0.15, 0.2) is 5.11 Å². The molecule has 190 valence electrons. The van der Waals surface area contributed by atoms with Gasteiger partial charge in [0.25, 0.3) is 5.91 Å². The molecule has 0 bridgehead atoms. The van der Waals surface area contributed by atoms with Crippen LogP contribution in [0.5, 0.6) is 0 Å². The molecule has 0 aliphatic carbocycles. The van der Waals surface area contributed by atoms with Gasteiger partial charge >= 0.3 is 5.97 Å². The molecule has 1 saturated heterocycles. The van der Waals surface area contributed by atoms with Gasteiger partial charge in [-0.15, -0.1) is 0 Å². The van der Waals surface area contributed by atoms with Crippen molar-refractivity contribution < 1.29 is 23.5 Å². The molecule has 1 N–H and O–H groups in total. The Balaban J connectivity index is 1.50. The average molecular weight is 520 g/mol. The highest BCUT2D eigenvalue weighted by atomic mass is 32.1. The maximum Gasteiger partial charge on any atom is 0.338 e. The normalized spacial score (nSPS) is 15.1. The molecule has 0 saturated carbocycles. The summed E-state index contributed by atoms with van der Waals surface area (Å²) >= 11 is 5.66. The van der Waals surface area contributed by atoms with E-state index in [1.165, 1.54) is 17.0 Å². The summed E-state index contributed by atoms with van der Waals surface area (Å²) in [5.41, 5.74) is 2.53. The number of carbonyl (C=O) groups is 3. The standard InChI is InChI=1S/C28H26FN3O4S/c1-2-36-27(35)21-10-14-23(15-11-21)30-25(33)16-24-26(34)32(18-19-6-4-3-5-7-19)28(37)31(24)17-20-8-12-22(29)13-9-20/h3-15,24H,2,16-18H2,1H3,(H,30,33)/t24-/m1/s1. The van der Waals surface area contributed by atoms with E-state index >= 15 is 0 Å². The van der Waals surface area contributed by atoms with E-state index in [4.69, 9.17) is 17.0 Å². The van der Waals surface area contributed by atoms with Crippen molar-refractivity contribution in [3.05, 3.63) is 101 Å². The van der Waals surface area contributed by atoms with Crippen molar-refractivity contribution in [2.45, 2.75) is 32.5 Å². The maximum absolute atomic E-state index is 13.4. The van der Waals surface area contributed by atoms with Crippen LogP contribution in [-0.4, -0.2) is 45.3 Å². The lowest BCUT2D eigenvalue weighted by Gasteiger charge is -2.24. The molecule has 1 aliphatic rings. The van der Waals surface area contributed by atoms with Gasteiger partial charge in [0.05, 0.1) is 25.1 Å². The van der Waals surface area contributed by atoms with Crippen LogP contribution in [0.1, 0.15) is 34.8 Å². The fourth-order valence-electron chi connectivity index (χ4n) is 4.06. The predicted molar refractivity (Wildman–Crippen MR) is 141 cm³/mol. The number of thiocarbonyl (C=S) groups is 1. The molecule has 3 aromatic carbocycles. The topological polar surface area (TPSA) is 78.9 Å². The van der Waals surface area contributed by atoms with Gasteiger partial charge in [-0.05, 0) is 66.7 Å². The molecule has 2 amide bonds. The Morgan fingerprint density at radius 2 is 1.59 bits per heavy atom. The van der Waals surface area contributed by atoms with Crippen LogP contribution in [0.2, 0.25) is 0 Å². The summed E-state index contributed by atoms with van der Waals surface area (Å²) in [5.74, 6) is -1.46. The van der Waals surface area contributed by atoms with Gasteiger partial charge in [-0.1, -0.05) is 42.5 Å². The Morgan fingerprint density at radius 1 is 0.946 bits per heavy atom. The number of hydrogen-bond donors (Lipinski definition) is 1. The number of ether oxygens (including phenoxy) is 1. The van der Waals surface area contributed by atoms with E-state index < -0.39 is 12.0 Å². The van der Waals surface area contributed by atoms with Crippen molar-refractivity contribution in [3.63, 3.8) is 0 Å². The summed E-state index contributed by atoms with van der Waals surface area (Å²) < 4.78 is 18.4. The minimum atomic E-state index is -0.819. The average Bonchev–Trinajstić information content (AvgIpc) is 3.10. The molecule has 0 radical (unpaired) electrons. The zero-order chi connectivity index (χ0) is 26.4. The second-order valence-corrected chi connectivity index (χ2v) is 8.88. The van der Waals surface area contributed by atoms with E-state index in [1.54, 1.807) is 48.2 Å². The number of esters is 1. The van der Waals surface area contributed by atoms with Crippen LogP contribution in [-0.2, 0) is 27.4 Å². The first-order valence-corrected chi connectivity index (χ1v) is 12.2. The third kappa shape index (κ3) is 6.37. The molecule has 1 fully saturated rings. The molecule has 0 unspecified atom stereocenters. The molecule has 1 heterocycles. The zero-order valence-electron chi connectivity index (χ0n) is 20.2. The molecule has 1 atom stereocenters. The second kappa shape index (κ2) is 11.7. The Hall–Kier alpha value is -4.11. The fraction of sp³-hybridized carbons (Fsp3) is 0.214. The molecular weight excluding hydrogens is 493 g/mol. The van der Waals surface area contributed by atoms with Crippen LogP contribution >= 0.6 is 12.2 Å². The van der Waals surface area contributed by atoms with Gasteiger partial charge in [-0.3, -0.25) is 14.5 Å². The van der Waals surface area contributed by atoms with Crippen LogP contribution in [0.4, 0.5) is 10.1 Å². The molecule has 7 nitrogen and oxygen atoms in total. The van der Waals surface area contributed by atoms with Gasteiger partial charge < -0.3 is 15.0 Å². The molecule has 9 heteroatoms. The van der Waals surface area contributed by atoms with Crippen molar-refractivity contribution in [1.82, 2.24) is 9.80 Å². The number of benzene rings is 3. The lowest BCUT2D eigenvalue weighted by atomic mass is 10.1. The summed E-state index contributed by atoms with van der Waals surface area (Å²) in [7, 11) is 0. The number of rotatable bonds is 9. The van der Waals surface area contributed by atoms with Gasteiger partial charge in [-0.2, -0.15) is 0 Å². The summed E-state index contributed by atoms with van der Waals surface area (Å²) in [6.07, 6.45) is -0.134. The number of nitrogens with zero attached hydrogens (tertiary/aromatic N) is 2. The second-order valence-electron chi connectivity index (χ2n) is 8.51. The first-order chi connectivity index (χ1) is 17.9. The Kier molecular flexibility index (Phi) is 8.25. The van der Waals surface area contributed by atoms with Crippen molar-refractivity contribution in [2.75, 3.05) is 11.9 Å². The Bertz CT molecular complexity index is 1280. The lowest BCUT2D eigenvalue weighted by molar-refractivity contribution is -0.131. The monoisotopic (exact) mass is 519 g/mol. The SMILES string of the molecule is CCOC(=O)c1ccc(NC(=O)C[C@@H]2C(=O)N(Cc3ccccc3)C(=S)N2Cc2ccc(F)cc2)cc1.